The van der Waals surface area contributed by atoms with E-state index in [0.717, 1.165) is 35.2 Å². The lowest BCUT2D eigenvalue weighted by molar-refractivity contribution is -0.123. The number of rotatable bonds is 5. The minimum atomic E-state index is 0.0391. The Morgan fingerprint density at radius 3 is 2.79 bits per heavy atom. The number of ketones is 1. The van der Waals surface area contributed by atoms with Gasteiger partial charge in [-0.1, -0.05) is 6.92 Å². The molecule has 1 fully saturated rings. The molecule has 1 aliphatic heterocycles. The smallest absolute Gasteiger partial charge is 0.144 e. The van der Waals surface area contributed by atoms with Crippen molar-refractivity contribution in [2.45, 2.75) is 52.7 Å². The van der Waals surface area contributed by atoms with Gasteiger partial charge in [-0.15, -0.1) is 0 Å². The lowest BCUT2D eigenvalue weighted by Crippen LogP contribution is -2.24. The third kappa shape index (κ3) is 2.92. The number of carbonyl (C=O) groups is 1. The largest absolute Gasteiger partial charge is 0.378 e. The summed E-state index contributed by atoms with van der Waals surface area (Å²) in [5.41, 5.74) is 2.03. The highest BCUT2D eigenvalue weighted by Crippen LogP contribution is 2.27. The van der Waals surface area contributed by atoms with Crippen LogP contribution < -0.4 is 0 Å². The Morgan fingerprint density at radius 1 is 1.53 bits per heavy atom. The molecular formula is C14H21BrN2O2. The Labute approximate surface area is 122 Å². The van der Waals surface area contributed by atoms with Gasteiger partial charge in [0.05, 0.1) is 22.0 Å². The Morgan fingerprint density at radius 2 is 2.26 bits per heavy atom. The summed E-state index contributed by atoms with van der Waals surface area (Å²) in [5, 5.41) is 4.53. The first-order valence-electron chi connectivity index (χ1n) is 6.96. The fourth-order valence-corrected chi connectivity index (χ4v) is 3.34. The molecule has 0 spiro atoms. The van der Waals surface area contributed by atoms with Crippen LogP contribution in [0.3, 0.4) is 0 Å². The van der Waals surface area contributed by atoms with Gasteiger partial charge in [-0.2, -0.15) is 5.10 Å². The average molecular weight is 329 g/mol. The highest BCUT2D eigenvalue weighted by atomic mass is 79.9. The summed E-state index contributed by atoms with van der Waals surface area (Å²) in [7, 11) is 0. The van der Waals surface area contributed by atoms with Gasteiger partial charge in [0.15, 0.2) is 0 Å². The number of ether oxygens (including phenoxy) is 1. The minimum absolute atomic E-state index is 0.0391. The van der Waals surface area contributed by atoms with E-state index in [2.05, 4.69) is 28.0 Å². The minimum Gasteiger partial charge on any atom is -0.378 e. The van der Waals surface area contributed by atoms with Gasteiger partial charge in [-0.3, -0.25) is 9.48 Å². The maximum Gasteiger partial charge on any atom is 0.144 e. The molecule has 0 N–H and O–H groups in total. The summed E-state index contributed by atoms with van der Waals surface area (Å²) in [6.07, 6.45) is 2.21. The summed E-state index contributed by atoms with van der Waals surface area (Å²) in [6, 6.07) is 0. The lowest BCUT2D eigenvalue weighted by Gasteiger charge is -2.13. The number of halogens is 1. The van der Waals surface area contributed by atoms with Crippen LogP contribution in [0, 0.1) is 5.92 Å². The number of aromatic nitrogens is 2. The molecule has 19 heavy (non-hydrogen) atoms. The number of aryl methyl sites for hydroxylation is 2. The molecule has 0 aromatic carbocycles. The van der Waals surface area contributed by atoms with Crippen molar-refractivity contribution >= 4 is 21.7 Å². The van der Waals surface area contributed by atoms with Crippen LogP contribution in [-0.4, -0.2) is 28.3 Å². The molecule has 0 radical (unpaired) electrons. The highest BCUT2D eigenvalue weighted by Gasteiger charge is 2.31. The number of hydrogen-bond acceptors (Lipinski definition) is 3. The third-order valence-corrected chi connectivity index (χ3v) is 4.74. The molecule has 1 aromatic rings. The normalized spacial score (nSPS) is 22.9. The summed E-state index contributed by atoms with van der Waals surface area (Å²) >= 11 is 3.59. The van der Waals surface area contributed by atoms with Crippen LogP contribution >= 0.6 is 15.9 Å². The zero-order chi connectivity index (χ0) is 14.0. The molecule has 4 nitrogen and oxygen atoms in total. The predicted octanol–water partition coefficient (Wildman–Crippen LogP) is 2.76. The van der Waals surface area contributed by atoms with Crippen molar-refractivity contribution in [1.82, 2.24) is 9.78 Å². The number of carbonyl (C=O) groups excluding carboxylic acids is 1. The third-order valence-electron chi connectivity index (χ3n) is 3.83. The van der Waals surface area contributed by atoms with Gasteiger partial charge in [0.1, 0.15) is 5.78 Å². The van der Waals surface area contributed by atoms with Gasteiger partial charge in [0.25, 0.3) is 0 Å². The van der Waals surface area contributed by atoms with Crippen LogP contribution in [0.25, 0.3) is 0 Å². The molecule has 0 bridgehead atoms. The van der Waals surface area contributed by atoms with Crippen LogP contribution in [0.5, 0.6) is 0 Å². The van der Waals surface area contributed by atoms with Crippen molar-refractivity contribution in [1.29, 1.82) is 0 Å². The average Bonchev–Trinajstić information content (AvgIpc) is 2.95. The van der Waals surface area contributed by atoms with Crippen LogP contribution in [0.2, 0.25) is 0 Å². The molecule has 2 rings (SSSR count). The fraction of sp³-hybridized carbons (Fsp3) is 0.714. The maximum absolute atomic E-state index is 12.4. The molecule has 2 atom stereocenters. The molecule has 5 heteroatoms. The van der Waals surface area contributed by atoms with E-state index in [0.29, 0.717) is 13.0 Å². The van der Waals surface area contributed by atoms with Crippen LogP contribution in [0.4, 0.5) is 0 Å². The second kappa shape index (κ2) is 6.18. The predicted molar refractivity (Wildman–Crippen MR) is 77.2 cm³/mol. The van der Waals surface area contributed by atoms with Crippen molar-refractivity contribution in [3.05, 3.63) is 15.9 Å². The van der Waals surface area contributed by atoms with Gasteiger partial charge in [-0.05, 0) is 42.6 Å². The zero-order valence-corrected chi connectivity index (χ0v) is 13.4. The maximum atomic E-state index is 12.4. The van der Waals surface area contributed by atoms with E-state index in [1.807, 2.05) is 18.5 Å². The molecule has 2 unspecified atom stereocenters. The van der Waals surface area contributed by atoms with Crippen molar-refractivity contribution < 1.29 is 9.53 Å². The Hall–Kier alpha value is -0.680. The SMILES string of the molecule is CCc1nn(CC)c(CC(=O)C2CCOC2C)c1Br. The van der Waals surface area contributed by atoms with Gasteiger partial charge in [0, 0.05) is 25.5 Å². The fourth-order valence-electron chi connectivity index (χ4n) is 2.64. The quantitative estimate of drug-likeness (QED) is 0.834. The molecule has 1 aromatic heterocycles. The summed E-state index contributed by atoms with van der Waals surface area (Å²) in [4.78, 5) is 12.4. The van der Waals surface area contributed by atoms with E-state index in [1.54, 1.807) is 0 Å². The first-order chi connectivity index (χ1) is 9.08. The number of nitrogens with zero attached hydrogens (tertiary/aromatic N) is 2. The standard InChI is InChI=1S/C14H21BrN2O2/c1-4-11-14(15)12(17(5-2)16-11)8-13(18)10-6-7-19-9(10)3/h9-10H,4-8H2,1-3H3. The number of hydrogen-bond donors (Lipinski definition) is 0. The number of Topliss-reactive ketones (excluding diaryl/α,β-unsaturated/α-hetero) is 1. The zero-order valence-electron chi connectivity index (χ0n) is 11.8. The van der Waals surface area contributed by atoms with E-state index in [-0.39, 0.29) is 17.8 Å². The van der Waals surface area contributed by atoms with E-state index in [9.17, 15) is 4.79 Å². The van der Waals surface area contributed by atoms with Crippen molar-refractivity contribution in [3.63, 3.8) is 0 Å². The summed E-state index contributed by atoms with van der Waals surface area (Å²) in [5.74, 6) is 0.306. The van der Waals surface area contributed by atoms with E-state index in [1.165, 1.54) is 0 Å². The molecule has 106 valence electrons. The van der Waals surface area contributed by atoms with Crippen LogP contribution in [-0.2, 0) is 28.9 Å². The highest BCUT2D eigenvalue weighted by molar-refractivity contribution is 9.10. The van der Waals surface area contributed by atoms with Gasteiger partial charge < -0.3 is 4.74 Å². The molecule has 1 saturated heterocycles. The van der Waals surface area contributed by atoms with Crippen molar-refractivity contribution in [2.75, 3.05) is 6.61 Å². The molecule has 0 amide bonds. The molecule has 2 heterocycles. The van der Waals surface area contributed by atoms with E-state index >= 15 is 0 Å². The first kappa shape index (κ1) is 14.7. The molecule has 1 aliphatic rings. The van der Waals surface area contributed by atoms with Gasteiger partial charge in [-0.25, -0.2) is 0 Å². The monoisotopic (exact) mass is 328 g/mol. The van der Waals surface area contributed by atoms with Crippen LogP contribution in [0.15, 0.2) is 4.47 Å². The second-order valence-corrected chi connectivity index (χ2v) is 5.78. The van der Waals surface area contributed by atoms with Crippen LogP contribution in [0.1, 0.15) is 38.6 Å². The van der Waals surface area contributed by atoms with E-state index in [4.69, 9.17) is 4.74 Å². The van der Waals surface area contributed by atoms with Crippen molar-refractivity contribution in [2.24, 2.45) is 5.92 Å². The molecule has 0 aliphatic carbocycles. The Kier molecular flexibility index (Phi) is 4.79. The van der Waals surface area contributed by atoms with Crippen molar-refractivity contribution in [3.8, 4) is 0 Å². The first-order valence-corrected chi connectivity index (χ1v) is 7.76. The summed E-state index contributed by atoms with van der Waals surface area (Å²) < 4.78 is 8.41. The second-order valence-electron chi connectivity index (χ2n) is 4.99. The van der Waals surface area contributed by atoms with E-state index < -0.39 is 0 Å². The lowest BCUT2D eigenvalue weighted by atomic mass is 9.94. The Bertz CT molecular complexity index is 470. The van der Waals surface area contributed by atoms with Gasteiger partial charge >= 0.3 is 0 Å². The summed E-state index contributed by atoms with van der Waals surface area (Å²) in [6.45, 7) is 7.60. The topological polar surface area (TPSA) is 44.1 Å². The Balaban J connectivity index is 2.18. The molecular weight excluding hydrogens is 308 g/mol. The van der Waals surface area contributed by atoms with Gasteiger partial charge in [0.2, 0.25) is 0 Å². The molecule has 0 saturated carbocycles.